The number of benzene rings is 1. The van der Waals surface area contributed by atoms with Crippen molar-refractivity contribution >= 4 is 12.0 Å². The average Bonchev–Trinajstić information content (AvgIpc) is 2.59. The summed E-state index contributed by atoms with van der Waals surface area (Å²) in [6, 6.07) is 9.45. The fraction of sp³-hybridized carbons (Fsp3) is 0.619. The number of hydrogen-bond donors (Lipinski definition) is 2. The first-order chi connectivity index (χ1) is 12.7. The first kappa shape index (κ1) is 21.2. The number of carbonyl (C=O) groups is 2. The second kappa shape index (κ2) is 9.22. The van der Waals surface area contributed by atoms with Crippen LogP contribution in [0.1, 0.15) is 46.1 Å². The third-order valence-electron chi connectivity index (χ3n) is 4.78. The van der Waals surface area contributed by atoms with Gasteiger partial charge in [0.15, 0.2) is 0 Å². The molecule has 1 saturated heterocycles. The Balaban J connectivity index is 1.86. The molecule has 1 aromatic rings. The molecule has 2 N–H and O–H groups in total. The summed E-state index contributed by atoms with van der Waals surface area (Å²) in [7, 11) is 0. The Kier molecular flexibility index (Phi) is 7.25. The van der Waals surface area contributed by atoms with Crippen molar-refractivity contribution in [3.05, 3.63) is 35.9 Å². The van der Waals surface area contributed by atoms with Gasteiger partial charge in [-0.25, -0.2) is 4.79 Å². The highest BCUT2D eigenvalue weighted by molar-refractivity contribution is 5.80. The van der Waals surface area contributed by atoms with Gasteiger partial charge >= 0.3 is 6.09 Å². The Bertz CT molecular complexity index is 627. The molecule has 0 saturated carbocycles. The van der Waals surface area contributed by atoms with Crippen molar-refractivity contribution in [2.75, 3.05) is 13.1 Å². The van der Waals surface area contributed by atoms with Crippen LogP contribution in [0.4, 0.5) is 4.79 Å². The average molecular weight is 376 g/mol. The molecule has 27 heavy (non-hydrogen) atoms. The molecular weight excluding hydrogens is 344 g/mol. The highest BCUT2D eigenvalue weighted by Gasteiger charge is 2.37. The predicted octanol–water partition coefficient (Wildman–Crippen LogP) is 2.74. The molecule has 1 aliphatic heterocycles. The SMILES string of the molecule is C[C@@H]1[C@@H](C(=O)NC[C@@H](O)Cc2ccccc2)CCCN1C(=O)OC(C)(C)C. The van der Waals surface area contributed by atoms with Crippen molar-refractivity contribution < 1.29 is 19.4 Å². The summed E-state index contributed by atoms with van der Waals surface area (Å²) in [5, 5.41) is 13.0. The quantitative estimate of drug-likeness (QED) is 0.828. The van der Waals surface area contributed by atoms with Crippen LogP contribution >= 0.6 is 0 Å². The van der Waals surface area contributed by atoms with Gasteiger partial charge in [0, 0.05) is 25.6 Å². The monoisotopic (exact) mass is 376 g/mol. The minimum absolute atomic E-state index is 0.122. The number of aliphatic hydroxyl groups is 1. The molecule has 6 heteroatoms. The van der Waals surface area contributed by atoms with Crippen molar-refractivity contribution in [3.8, 4) is 0 Å². The summed E-state index contributed by atoms with van der Waals surface area (Å²) in [5.74, 6) is -0.418. The van der Waals surface area contributed by atoms with E-state index in [2.05, 4.69) is 5.32 Å². The van der Waals surface area contributed by atoms with Gasteiger partial charge in [0.05, 0.1) is 12.0 Å². The summed E-state index contributed by atoms with van der Waals surface area (Å²) in [5.41, 5.74) is 0.467. The third-order valence-corrected chi connectivity index (χ3v) is 4.78. The fourth-order valence-corrected chi connectivity index (χ4v) is 3.38. The maximum atomic E-state index is 12.6. The molecule has 1 aliphatic rings. The van der Waals surface area contributed by atoms with Crippen molar-refractivity contribution in [2.24, 2.45) is 5.92 Å². The van der Waals surface area contributed by atoms with Crippen molar-refractivity contribution in [1.29, 1.82) is 0 Å². The van der Waals surface area contributed by atoms with Gasteiger partial charge in [-0.05, 0) is 46.1 Å². The summed E-state index contributed by atoms with van der Waals surface area (Å²) in [4.78, 5) is 26.6. The van der Waals surface area contributed by atoms with Gasteiger partial charge in [-0.2, -0.15) is 0 Å². The van der Waals surface area contributed by atoms with Crippen LogP contribution in [0.3, 0.4) is 0 Å². The van der Waals surface area contributed by atoms with E-state index >= 15 is 0 Å². The number of rotatable bonds is 5. The standard InChI is InChI=1S/C21H32N2O4/c1-15-18(11-8-12-23(15)20(26)27-21(2,3)4)19(25)22-14-17(24)13-16-9-6-5-7-10-16/h5-7,9-10,15,17-18,24H,8,11-14H2,1-4H3,(H,22,25)/t15-,17+,18+/m1/s1. The van der Waals surface area contributed by atoms with Gasteiger partial charge < -0.3 is 20.1 Å². The fourth-order valence-electron chi connectivity index (χ4n) is 3.38. The van der Waals surface area contributed by atoms with E-state index in [9.17, 15) is 14.7 Å². The third kappa shape index (κ3) is 6.54. The Morgan fingerprint density at radius 3 is 2.59 bits per heavy atom. The minimum atomic E-state index is -0.641. The molecule has 0 spiro atoms. The first-order valence-electron chi connectivity index (χ1n) is 9.66. The lowest BCUT2D eigenvalue weighted by Crippen LogP contribution is -2.53. The second-order valence-electron chi connectivity index (χ2n) is 8.25. The zero-order valence-electron chi connectivity index (χ0n) is 16.8. The van der Waals surface area contributed by atoms with E-state index < -0.39 is 11.7 Å². The minimum Gasteiger partial charge on any atom is -0.444 e. The summed E-state index contributed by atoms with van der Waals surface area (Å²) < 4.78 is 5.46. The normalized spacial score (nSPS) is 21.4. The van der Waals surface area contributed by atoms with E-state index in [-0.39, 0.29) is 30.5 Å². The molecule has 0 radical (unpaired) electrons. The lowest BCUT2D eigenvalue weighted by atomic mass is 9.89. The van der Waals surface area contributed by atoms with Crippen LogP contribution < -0.4 is 5.32 Å². The molecule has 3 atom stereocenters. The van der Waals surface area contributed by atoms with Crippen LogP contribution in [-0.4, -0.2) is 52.8 Å². The molecule has 1 aromatic carbocycles. The topological polar surface area (TPSA) is 78.9 Å². The molecule has 0 unspecified atom stereocenters. The number of ether oxygens (including phenoxy) is 1. The molecule has 150 valence electrons. The maximum absolute atomic E-state index is 12.6. The predicted molar refractivity (Wildman–Crippen MR) is 104 cm³/mol. The largest absolute Gasteiger partial charge is 0.444 e. The van der Waals surface area contributed by atoms with E-state index in [0.717, 1.165) is 18.4 Å². The molecule has 2 rings (SSSR count). The van der Waals surface area contributed by atoms with E-state index in [1.54, 1.807) is 4.90 Å². The molecule has 0 aliphatic carbocycles. The van der Waals surface area contributed by atoms with Gasteiger partial charge in [-0.3, -0.25) is 4.79 Å². The molecular formula is C21H32N2O4. The van der Waals surface area contributed by atoms with Gasteiger partial charge in [-0.15, -0.1) is 0 Å². The molecule has 1 heterocycles. The number of nitrogens with zero attached hydrogens (tertiary/aromatic N) is 1. The van der Waals surface area contributed by atoms with Crippen molar-refractivity contribution in [2.45, 2.75) is 64.7 Å². The zero-order chi connectivity index (χ0) is 20.0. The number of carbonyl (C=O) groups excluding carboxylic acids is 2. The summed E-state index contributed by atoms with van der Waals surface area (Å²) >= 11 is 0. The highest BCUT2D eigenvalue weighted by atomic mass is 16.6. The molecule has 2 amide bonds. The molecule has 0 bridgehead atoms. The van der Waals surface area contributed by atoms with Gasteiger partial charge in [0.2, 0.25) is 5.91 Å². The van der Waals surface area contributed by atoms with Crippen LogP contribution in [0.2, 0.25) is 0 Å². The molecule has 6 nitrogen and oxygen atoms in total. The second-order valence-corrected chi connectivity index (χ2v) is 8.25. The van der Waals surface area contributed by atoms with E-state index in [1.807, 2.05) is 58.0 Å². The number of likely N-dealkylation sites (tertiary alicyclic amines) is 1. The number of hydrogen-bond acceptors (Lipinski definition) is 4. The molecule has 0 aromatic heterocycles. The van der Waals surface area contributed by atoms with Gasteiger partial charge in [0.1, 0.15) is 5.60 Å². The highest BCUT2D eigenvalue weighted by Crippen LogP contribution is 2.25. The number of amides is 2. The lowest BCUT2D eigenvalue weighted by molar-refractivity contribution is -0.128. The van der Waals surface area contributed by atoms with Crippen molar-refractivity contribution in [3.63, 3.8) is 0 Å². The Labute approximate surface area is 161 Å². The summed E-state index contributed by atoms with van der Waals surface area (Å²) in [6.45, 7) is 8.17. The van der Waals surface area contributed by atoms with Crippen LogP contribution in [-0.2, 0) is 16.0 Å². The van der Waals surface area contributed by atoms with E-state index in [1.165, 1.54) is 0 Å². The van der Waals surface area contributed by atoms with Crippen LogP contribution in [0.15, 0.2) is 30.3 Å². The van der Waals surface area contributed by atoms with E-state index in [0.29, 0.717) is 13.0 Å². The van der Waals surface area contributed by atoms with Crippen LogP contribution in [0, 0.1) is 5.92 Å². The van der Waals surface area contributed by atoms with E-state index in [4.69, 9.17) is 4.74 Å². The smallest absolute Gasteiger partial charge is 0.410 e. The zero-order valence-corrected chi connectivity index (χ0v) is 16.8. The van der Waals surface area contributed by atoms with Crippen LogP contribution in [0.5, 0.6) is 0 Å². The maximum Gasteiger partial charge on any atom is 0.410 e. The Hall–Kier alpha value is -2.08. The van der Waals surface area contributed by atoms with Gasteiger partial charge in [-0.1, -0.05) is 30.3 Å². The number of piperidine rings is 1. The Morgan fingerprint density at radius 2 is 1.96 bits per heavy atom. The summed E-state index contributed by atoms with van der Waals surface area (Å²) in [6.07, 6.45) is 0.953. The Morgan fingerprint density at radius 1 is 1.30 bits per heavy atom. The number of nitrogens with one attached hydrogen (secondary N) is 1. The first-order valence-corrected chi connectivity index (χ1v) is 9.66. The van der Waals surface area contributed by atoms with Crippen molar-refractivity contribution in [1.82, 2.24) is 10.2 Å². The molecule has 1 fully saturated rings. The number of aliphatic hydroxyl groups excluding tert-OH is 1. The van der Waals surface area contributed by atoms with Gasteiger partial charge in [0.25, 0.3) is 0 Å². The van der Waals surface area contributed by atoms with Crippen LogP contribution in [0.25, 0.3) is 0 Å². The lowest BCUT2D eigenvalue weighted by Gasteiger charge is -2.39.